The first-order valence-corrected chi connectivity index (χ1v) is 7.89. The van der Waals surface area contributed by atoms with E-state index in [9.17, 15) is 4.79 Å². The molecular weight excluding hydrogens is 428 g/mol. The fourth-order valence-corrected chi connectivity index (χ4v) is 5.85. The Hall–Kier alpha value is 0.510. The van der Waals surface area contributed by atoms with Gasteiger partial charge in [-0.05, 0) is 59.2 Å². The summed E-state index contributed by atoms with van der Waals surface area (Å²) in [5, 5.41) is 1.92. The highest BCUT2D eigenvalue weighted by Gasteiger charge is 2.17. The summed E-state index contributed by atoms with van der Waals surface area (Å²) in [6.07, 6.45) is 0.893. The van der Waals surface area contributed by atoms with Crippen LogP contribution in [0.2, 0.25) is 0 Å². The zero-order valence-corrected chi connectivity index (χ0v) is 13.5. The van der Waals surface area contributed by atoms with Gasteiger partial charge in [0.25, 0.3) is 0 Å². The van der Waals surface area contributed by atoms with E-state index in [-0.39, 0.29) is 0 Å². The first-order chi connectivity index (χ1) is 7.15. The Kier molecular flexibility index (Phi) is 3.83. The van der Waals surface area contributed by atoms with Gasteiger partial charge in [-0.2, -0.15) is 0 Å². The van der Waals surface area contributed by atoms with E-state index in [0.717, 1.165) is 34.3 Å². The number of hydrogen-bond donors (Lipinski definition) is 0. The first-order valence-electron chi connectivity index (χ1n) is 3.81. The molecule has 0 saturated carbocycles. The second-order valence-corrected chi connectivity index (χ2v) is 8.05. The summed E-state index contributed by atoms with van der Waals surface area (Å²) in [6.45, 7) is 0. The van der Waals surface area contributed by atoms with Crippen molar-refractivity contribution in [2.45, 2.75) is 0 Å². The highest BCUT2D eigenvalue weighted by Crippen LogP contribution is 2.47. The van der Waals surface area contributed by atoms with Gasteiger partial charge < -0.3 is 0 Å². The second-order valence-electron chi connectivity index (χ2n) is 2.65. The molecule has 2 aromatic heterocycles. The SMILES string of the molecule is O=Cc1sccc1-c1c(Br)sc(Br)c1Br. The van der Waals surface area contributed by atoms with E-state index in [1.165, 1.54) is 11.3 Å². The largest absolute Gasteiger partial charge is 0.297 e. The van der Waals surface area contributed by atoms with Crippen molar-refractivity contribution in [3.05, 3.63) is 28.4 Å². The molecule has 0 N–H and O–H groups in total. The summed E-state index contributed by atoms with van der Waals surface area (Å²) in [4.78, 5) is 11.6. The molecule has 0 aliphatic carbocycles. The van der Waals surface area contributed by atoms with E-state index >= 15 is 0 Å². The minimum atomic E-state index is 0.752. The topological polar surface area (TPSA) is 17.1 Å². The number of thiophene rings is 2. The van der Waals surface area contributed by atoms with Crippen LogP contribution in [0.4, 0.5) is 0 Å². The molecule has 0 aromatic carbocycles. The Morgan fingerprint density at radius 2 is 1.93 bits per heavy atom. The van der Waals surface area contributed by atoms with Crippen LogP contribution in [0.5, 0.6) is 0 Å². The van der Waals surface area contributed by atoms with Gasteiger partial charge in [-0.25, -0.2) is 0 Å². The molecular formula is C9H3Br3OS2. The van der Waals surface area contributed by atoms with Gasteiger partial charge in [-0.1, -0.05) is 0 Å². The van der Waals surface area contributed by atoms with Gasteiger partial charge in [0.1, 0.15) is 0 Å². The maximum absolute atomic E-state index is 10.9. The number of carbonyl (C=O) groups excluding carboxylic acids is 1. The van der Waals surface area contributed by atoms with Crippen molar-refractivity contribution in [1.29, 1.82) is 0 Å². The Bertz CT molecular complexity index is 515. The van der Waals surface area contributed by atoms with Gasteiger partial charge in [0.15, 0.2) is 6.29 Å². The van der Waals surface area contributed by atoms with Crippen LogP contribution in [0.25, 0.3) is 11.1 Å². The Balaban J connectivity index is 2.68. The van der Waals surface area contributed by atoms with Crippen molar-refractivity contribution < 1.29 is 4.79 Å². The average Bonchev–Trinajstić information content (AvgIpc) is 2.73. The number of aldehydes is 1. The monoisotopic (exact) mass is 428 g/mol. The van der Waals surface area contributed by atoms with Gasteiger partial charge >= 0.3 is 0 Å². The smallest absolute Gasteiger partial charge is 0.160 e. The molecule has 1 nitrogen and oxygen atoms in total. The van der Waals surface area contributed by atoms with E-state index in [0.29, 0.717) is 0 Å². The van der Waals surface area contributed by atoms with Gasteiger partial charge in [-0.3, -0.25) is 4.79 Å². The van der Waals surface area contributed by atoms with E-state index < -0.39 is 0 Å². The van der Waals surface area contributed by atoms with Gasteiger partial charge in [0.05, 0.1) is 16.9 Å². The Morgan fingerprint density at radius 1 is 1.20 bits per heavy atom. The molecule has 78 valence electrons. The van der Waals surface area contributed by atoms with Crippen LogP contribution in [0.3, 0.4) is 0 Å². The van der Waals surface area contributed by atoms with Crippen molar-refractivity contribution in [1.82, 2.24) is 0 Å². The molecule has 0 spiro atoms. The summed E-state index contributed by atoms with van der Waals surface area (Å²) in [6, 6.07) is 1.96. The van der Waals surface area contributed by atoms with Crippen LogP contribution in [-0.2, 0) is 0 Å². The highest BCUT2D eigenvalue weighted by molar-refractivity contribution is 9.14. The molecule has 0 aliphatic heterocycles. The van der Waals surface area contributed by atoms with Crippen LogP contribution < -0.4 is 0 Å². The molecule has 0 atom stereocenters. The number of rotatable bonds is 2. The van der Waals surface area contributed by atoms with Gasteiger partial charge in [0.2, 0.25) is 0 Å². The van der Waals surface area contributed by atoms with E-state index in [1.54, 1.807) is 11.3 Å². The number of carbonyl (C=O) groups is 1. The zero-order chi connectivity index (χ0) is 11.0. The highest BCUT2D eigenvalue weighted by atomic mass is 79.9. The summed E-state index contributed by atoms with van der Waals surface area (Å²) >= 11 is 13.5. The third-order valence-corrected chi connectivity index (χ3v) is 6.80. The fourth-order valence-electron chi connectivity index (χ4n) is 1.20. The standard InChI is InChI=1S/C9H3Br3OS2/c10-7-6(8(11)15-9(7)12)4-1-2-14-5(4)3-13/h1-3H. The average molecular weight is 431 g/mol. The summed E-state index contributed by atoms with van der Waals surface area (Å²) < 4.78 is 3.02. The molecule has 0 fully saturated rings. The molecule has 6 heteroatoms. The molecule has 2 aromatic rings. The quantitative estimate of drug-likeness (QED) is 0.568. The molecule has 0 saturated heterocycles. The Morgan fingerprint density at radius 3 is 2.47 bits per heavy atom. The lowest BCUT2D eigenvalue weighted by Crippen LogP contribution is -1.79. The van der Waals surface area contributed by atoms with Crippen LogP contribution >= 0.6 is 70.5 Å². The van der Waals surface area contributed by atoms with Gasteiger partial charge in [-0.15, -0.1) is 22.7 Å². The normalized spacial score (nSPS) is 10.6. The summed E-state index contributed by atoms with van der Waals surface area (Å²) in [5.41, 5.74) is 2.01. The predicted molar refractivity (Wildman–Crippen MR) is 76.1 cm³/mol. The number of hydrogen-bond acceptors (Lipinski definition) is 3. The maximum atomic E-state index is 10.9. The molecule has 0 aliphatic rings. The molecule has 0 bridgehead atoms. The molecule has 0 unspecified atom stereocenters. The van der Waals surface area contributed by atoms with Crippen molar-refractivity contribution in [2.24, 2.45) is 0 Å². The lowest BCUT2D eigenvalue weighted by Gasteiger charge is -1.98. The minimum Gasteiger partial charge on any atom is -0.297 e. The fraction of sp³-hybridized carbons (Fsp3) is 0. The maximum Gasteiger partial charge on any atom is 0.160 e. The third-order valence-electron chi connectivity index (χ3n) is 1.84. The van der Waals surface area contributed by atoms with Gasteiger partial charge in [0, 0.05) is 11.1 Å². The molecule has 0 amide bonds. The minimum absolute atomic E-state index is 0.752. The lowest BCUT2D eigenvalue weighted by molar-refractivity contribution is 0.112. The lowest BCUT2D eigenvalue weighted by atomic mass is 10.1. The van der Waals surface area contributed by atoms with Crippen LogP contribution in [0.1, 0.15) is 9.67 Å². The van der Waals surface area contributed by atoms with Crippen molar-refractivity contribution in [3.8, 4) is 11.1 Å². The third kappa shape index (κ3) is 2.15. The van der Waals surface area contributed by atoms with Crippen molar-refractivity contribution >= 4 is 76.7 Å². The summed E-state index contributed by atoms with van der Waals surface area (Å²) in [5.74, 6) is 0. The Labute approximate surface area is 120 Å². The second kappa shape index (κ2) is 4.79. The van der Waals surface area contributed by atoms with E-state index in [1.807, 2.05) is 11.4 Å². The molecule has 15 heavy (non-hydrogen) atoms. The predicted octanol–water partition coefficient (Wildman–Crippen LogP) is 5.58. The molecule has 2 heterocycles. The number of halogens is 3. The van der Waals surface area contributed by atoms with Crippen LogP contribution in [0.15, 0.2) is 23.5 Å². The zero-order valence-electron chi connectivity index (χ0n) is 7.09. The van der Waals surface area contributed by atoms with Crippen LogP contribution in [0, 0.1) is 0 Å². The van der Waals surface area contributed by atoms with Crippen molar-refractivity contribution in [2.75, 3.05) is 0 Å². The van der Waals surface area contributed by atoms with Crippen LogP contribution in [-0.4, -0.2) is 6.29 Å². The van der Waals surface area contributed by atoms with E-state index in [2.05, 4.69) is 47.8 Å². The van der Waals surface area contributed by atoms with E-state index in [4.69, 9.17) is 0 Å². The first kappa shape index (κ1) is 12.0. The molecule has 2 rings (SSSR count). The summed E-state index contributed by atoms with van der Waals surface area (Å²) in [7, 11) is 0. The molecule has 0 radical (unpaired) electrons. The van der Waals surface area contributed by atoms with Crippen molar-refractivity contribution in [3.63, 3.8) is 0 Å².